The van der Waals surface area contributed by atoms with Gasteiger partial charge in [0.15, 0.2) is 0 Å². The van der Waals surface area contributed by atoms with Crippen molar-refractivity contribution in [3.8, 4) is 0 Å². The average Bonchev–Trinajstić information content (AvgIpc) is 2.33. The molecule has 0 heterocycles. The van der Waals surface area contributed by atoms with Crippen LogP contribution in [-0.2, 0) is 0 Å². The van der Waals surface area contributed by atoms with Gasteiger partial charge in [0, 0.05) is 12.6 Å². The number of hydrogen-bond donors (Lipinski definition) is 2. The Labute approximate surface area is 120 Å². The van der Waals surface area contributed by atoms with Crippen LogP contribution in [-0.4, -0.2) is 24.3 Å². The van der Waals surface area contributed by atoms with Gasteiger partial charge in [-0.2, -0.15) is 0 Å². The molecule has 1 aliphatic rings. The predicted octanol–water partition coefficient (Wildman–Crippen LogP) is 3.84. The van der Waals surface area contributed by atoms with Crippen LogP contribution >= 0.6 is 0 Å². The van der Waals surface area contributed by atoms with Crippen molar-refractivity contribution in [3.63, 3.8) is 0 Å². The van der Waals surface area contributed by atoms with Crippen molar-refractivity contribution in [2.45, 2.75) is 72.8 Å². The molecule has 0 aromatic carbocycles. The first-order valence-electron chi connectivity index (χ1n) is 8.18. The third kappa shape index (κ3) is 5.83. The highest BCUT2D eigenvalue weighted by Crippen LogP contribution is 2.39. The van der Waals surface area contributed by atoms with Crippen LogP contribution in [0.1, 0.15) is 66.7 Å². The monoisotopic (exact) mass is 269 g/mol. The Kier molecular flexibility index (Phi) is 6.82. The van der Waals surface area contributed by atoms with E-state index in [1.165, 1.54) is 25.7 Å². The molecule has 1 atom stereocenters. The van der Waals surface area contributed by atoms with Crippen molar-refractivity contribution < 1.29 is 5.11 Å². The lowest BCUT2D eigenvalue weighted by Gasteiger charge is -2.37. The highest BCUT2D eigenvalue weighted by molar-refractivity contribution is 4.82. The second-order valence-corrected chi connectivity index (χ2v) is 7.85. The first kappa shape index (κ1) is 17.0. The maximum Gasteiger partial charge on any atom is 0.0445 e. The molecule has 1 saturated carbocycles. The van der Waals surface area contributed by atoms with Crippen LogP contribution in [0.3, 0.4) is 0 Å². The van der Waals surface area contributed by atoms with E-state index in [1.807, 2.05) is 0 Å². The van der Waals surface area contributed by atoms with Gasteiger partial charge in [-0.05, 0) is 61.8 Å². The smallest absolute Gasteiger partial charge is 0.0445 e. The van der Waals surface area contributed by atoms with E-state index in [1.54, 1.807) is 0 Å². The minimum absolute atomic E-state index is 0.298. The SMILES string of the molecule is CC(C)C(CCO)NCC1CCC(C(C)(C)C)CC1. The summed E-state index contributed by atoms with van der Waals surface area (Å²) >= 11 is 0. The zero-order valence-electron chi connectivity index (χ0n) is 13.7. The molecule has 0 bridgehead atoms. The van der Waals surface area contributed by atoms with Crippen LogP contribution in [0.4, 0.5) is 0 Å². The van der Waals surface area contributed by atoms with Gasteiger partial charge in [-0.1, -0.05) is 34.6 Å². The van der Waals surface area contributed by atoms with E-state index in [-0.39, 0.29) is 0 Å². The summed E-state index contributed by atoms with van der Waals surface area (Å²) in [5, 5.41) is 12.8. The average molecular weight is 269 g/mol. The van der Waals surface area contributed by atoms with Crippen molar-refractivity contribution >= 4 is 0 Å². The van der Waals surface area contributed by atoms with Crippen molar-refractivity contribution in [1.82, 2.24) is 5.32 Å². The summed E-state index contributed by atoms with van der Waals surface area (Å²) < 4.78 is 0. The summed E-state index contributed by atoms with van der Waals surface area (Å²) in [4.78, 5) is 0. The summed E-state index contributed by atoms with van der Waals surface area (Å²) in [5.41, 5.74) is 0.482. The van der Waals surface area contributed by atoms with Gasteiger partial charge < -0.3 is 10.4 Å². The molecule has 19 heavy (non-hydrogen) atoms. The van der Waals surface area contributed by atoms with Gasteiger partial charge in [-0.15, -0.1) is 0 Å². The second kappa shape index (κ2) is 7.64. The molecule has 1 fully saturated rings. The standard InChI is InChI=1S/C17H35NO/c1-13(2)16(10-11-19)18-12-14-6-8-15(9-7-14)17(3,4)5/h13-16,18-19H,6-12H2,1-5H3. The van der Waals surface area contributed by atoms with Crippen molar-refractivity contribution in [1.29, 1.82) is 0 Å². The quantitative estimate of drug-likeness (QED) is 0.768. The Hall–Kier alpha value is -0.0800. The third-order valence-corrected chi connectivity index (χ3v) is 4.99. The maximum absolute atomic E-state index is 9.11. The Balaban J connectivity index is 2.29. The first-order valence-corrected chi connectivity index (χ1v) is 8.18. The van der Waals surface area contributed by atoms with E-state index < -0.39 is 0 Å². The van der Waals surface area contributed by atoms with Crippen LogP contribution in [0.5, 0.6) is 0 Å². The van der Waals surface area contributed by atoms with E-state index in [0.717, 1.165) is 24.8 Å². The molecule has 0 aliphatic heterocycles. The molecule has 2 N–H and O–H groups in total. The fourth-order valence-corrected chi connectivity index (χ4v) is 3.36. The largest absolute Gasteiger partial charge is 0.396 e. The highest BCUT2D eigenvalue weighted by Gasteiger charge is 2.29. The van der Waals surface area contributed by atoms with Gasteiger partial charge in [-0.3, -0.25) is 0 Å². The Morgan fingerprint density at radius 3 is 2.11 bits per heavy atom. The predicted molar refractivity (Wildman–Crippen MR) is 83.2 cm³/mol. The number of nitrogens with one attached hydrogen (secondary N) is 1. The Morgan fingerprint density at radius 1 is 1.11 bits per heavy atom. The van der Waals surface area contributed by atoms with E-state index in [0.29, 0.717) is 24.0 Å². The minimum Gasteiger partial charge on any atom is -0.396 e. The molecule has 0 aromatic rings. The number of aliphatic hydroxyl groups excluding tert-OH is 1. The summed E-state index contributed by atoms with van der Waals surface area (Å²) in [6.45, 7) is 13.1. The molecule has 0 spiro atoms. The molecule has 0 saturated heterocycles. The van der Waals surface area contributed by atoms with Gasteiger partial charge in [0.25, 0.3) is 0 Å². The van der Waals surface area contributed by atoms with Gasteiger partial charge >= 0.3 is 0 Å². The summed E-state index contributed by atoms with van der Waals surface area (Å²) in [6, 6.07) is 0.477. The van der Waals surface area contributed by atoms with Crippen molar-refractivity contribution in [2.75, 3.05) is 13.2 Å². The Bertz CT molecular complexity index is 236. The summed E-state index contributed by atoms with van der Waals surface area (Å²) in [7, 11) is 0. The molecule has 0 radical (unpaired) electrons. The van der Waals surface area contributed by atoms with E-state index in [2.05, 4.69) is 39.9 Å². The summed E-state index contributed by atoms with van der Waals surface area (Å²) in [5.74, 6) is 2.36. The lowest BCUT2D eigenvalue weighted by atomic mass is 9.70. The van der Waals surface area contributed by atoms with Gasteiger partial charge in [0.1, 0.15) is 0 Å². The molecule has 2 nitrogen and oxygen atoms in total. The Morgan fingerprint density at radius 2 is 1.68 bits per heavy atom. The molecule has 1 aliphatic carbocycles. The lowest BCUT2D eigenvalue weighted by molar-refractivity contribution is 0.144. The van der Waals surface area contributed by atoms with E-state index in [9.17, 15) is 0 Å². The van der Waals surface area contributed by atoms with Crippen LogP contribution in [0.2, 0.25) is 0 Å². The van der Waals surface area contributed by atoms with Crippen molar-refractivity contribution in [2.24, 2.45) is 23.2 Å². The van der Waals surface area contributed by atoms with Crippen LogP contribution in [0.25, 0.3) is 0 Å². The second-order valence-electron chi connectivity index (χ2n) is 7.85. The van der Waals surface area contributed by atoms with Crippen molar-refractivity contribution in [3.05, 3.63) is 0 Å². The normalized spacial score (nSPS) is 26.7. The van der Waals surface area contributed by atoms with E-state index in [4.69, 9.17) is 5.11 Å². The first-order chi connectivity index (χ1) is 8.84. The zero-order chi connectivity index (χ0) is 14.5. The van der Waals surface area contributed by atoms with Gasteiger partial charge in [0.05, 0.1) is 0 Å². The summed E-state index contributed by atoms with van der Waals surface area (Å²) in [6.07, 6.45) is 6.41. The van der Waals surface area contributed by atoms with Crippen LogP contribution in [0, 0.1) is 23.2 Å². The fraction of sp³-hybridized carbons (Fsp3) is 1.00. The topological polar surface area (TPSA) is 32.3 Å². The molecular formula is C17H35NO. The number of hydrogen-bond acceptors (Lipinski definition) is 2. The molecule has 0 amide bonds. The maximum atomic E-state index is 9.11. The minimum atomic E-state index is 0.298. The van der Waals surface area contributed by atoms with Crippen LogP contribution < -0.4 is 5.32 Å². The van der Waals surface area contributed by atoms with Gasteiger partial charge in [0.2, 0.25) is 0 Å². The highest BCUT2D eigenvalue weighted by atomic mass is 16.3. The lowest BCUT2D eigenvalue weighted by Crippen LogP contribution is -2.39. The zero-order valence-corrected chi connectivity index (χ0v) is 13.7. The molecular weight excluding hydrogens is 234 g/mol. The van der Waals surface area contributed by atoms with Crippen LogP contribution in [0.15, 0.2) is 0 Å². The number of aliphatic hydroxyl groups is 1. The molecule has 1 rings (SSSR count). The van der Waals surface area contributed by atoms with Gasteiger partial charge in [-0.25, -0.2) is 0 Å². The molecule has 114 valence electrons. The number of rotatable bonds is 6. The fourth-order valence-electron chi connectivity index (χ4n) is 3.36. The molecule has 1 unspecified atom stereocenters. The third-order valence-electron chi connectivity index (χ3n) is 4.99. The molecule has 0 aromatic heterocycles. The molecule has 2 heteroatoms. The van der Waals surface area contributed by atoms with E-state index >= 15 is 0 Å².